The van der Waals surface area contributed by atoms with E-state index < -0.39 is 17.7 Å². The molecule has 0 bridgehead atoms. The average Bonchev–Trinajstić information content (AvgIpc) is 2.53. The Morgan fingerprint density at radius 2 is 1.78 bits per heavy atom. The van der Waals surface area contributed by atoms with Gasteiger partial charge in [0.05, 0.1) is 5.92 Å². The molecule has 120 valence electrons. The van der Waals surface area contributed by atoms with Crippen molar-refractivity contribution in [1.82, 2.24) is 10.2 Å². The molecule has 0 aliphatic rings. The van der Waals surface area contributed by atoms with E-state index in [9.17, 15) is 14.0 Å². The summed E-state index contributed by atoms with van der Waals surface area (Å²) < 4.78 is 12.9. The monoisotopic (exact) mass is 317 g/mol. The van der Waals surface area contributed by atoms with Crippen molar-refractivity contribution in [3.05, 3.63) is 53.5 Å². The minimum Gasteiger partial charge on any atom is -0.369 e. The third-order valence-electron chi connectivity index (χ3n) is 3.24. The lowest BCUT2D eigenvalue weighted by Crippen LogP contribution is -2.31. The maximum absolute atomic E-state index is 12.9. The number of nitrogens with zero attached hydrogens (tertiary/aromatic N) is 2. The Balaban J connectivity index is 1.98. The molecule has 0 saturated carbocycles. The van der Waals surface area contributed by atoms with Crippen LogP contribution in [0.5, 0.6) is 0 Å². The Bertz CT molecular complexity index is 688. The number of benzene rings is 1. The van der Waals surface area contributed by atoms with Crippen LogP contribution in [0.25, 0.3) is 0 Å². The number of hydrogen-bond acceptors (Lipinski definition) is 5. The van der Waals surface area contributed by atoms with Crippen LogP contribution in [0.4, 0.5) is 10.2 Å². The topological polar surface area (TPSA) is 124 Å². The first-order valence-electron chi connectivity index (χ1n) is 6.87. The second-order valence-electron chi connectivity index (χ2n) is 4.98. The first-order valence-corrected chi connectivity index (χ1v) is 6.87. The van der Waals surface area contributed by atoms with Crippen LogP contribution in [0.3, 0.4) is 0 Å². The summed E-state index contributed by atoms with van der Waals surface area (Å²) in [5.41, 5.74) is 11.3. The van der Waals surface area contributed by atoms with Crippen LogP contribution in [0.2, 0.25) is 0 Å². The SMILES string of the molecule is NC(=O)c1ccc(NCC(Cc2ccc(F)cc2)C(N)=O)nn1. The van der Waals surface area contributed by atoms with Gasteiger partial charge in [0.15, 0.2) is 5.69 Å². The molecule has 1 unspecified atom stereocenters. The van der Waals surface area contributed by atoms with Gasteiger partial charge >= 0.3 is 0 Å². The smallest absolute Gasteiger partial charge is 0.269 e. The summed E-state index contributed by atoms with van der Waals surface area (Å²) in [5.74, 6) is -1.61. The standard InChI is InChI=1S/C15H16FN5O2/c16-11-3-1-9(2-4-11)7-10(14(17)22)8-19-13-6-5-12(15(18)23)20-21-13/h1-6,10H,7-8H2,(H2,17,22)(H2,18,23)(H,19,21). The highest BCUT2D eigenvalue weighted by molar-refractivity contribution is 5.90. The zero-order chi connectivity index (χ0) is 16.8. The summed E-state index contributed by atoms with van der Waals surface area (Å²) in [4.78, 5) is 22.5. The molecule has 7 nitrogen and oxygen atoms in total. The quantitative estimate of drug-likeness (QED) is 0.685. The molecule has 1 heterocycles. The van der Waals surface area contributed by atoms with Gasteiger partial charge in [-0.05, 0) is 36.2 Å². The van der Waals surface area contributed by atoms with Gasteiger partial charge in [0.25, 0.3) is 5.91 Å². The van der Waals surface area contributed by atoms with E-state index in [4.69, 9.17) is 11.5 Å². The molecule has 2 rings (SSSR count). The van der Waals surface area contributed by atoms with Crippen molar-refractivity contribution >= 4 is 17.6 Å². The van der Waals surface area contributed by atoms with E-state index in [1.54, 1.807) is 12.1 Å². The maximum Gasteiger partial charge on any atom is 0.269 e. The van der Waals surface area contributed by atoms with Crippen molar-refractivity contribution in [3.63, 3.8) is 0 Å². The molecule has 2 amide bonds. The third kappa shape index (κ3) is 4.73. The van der Waals surface area contributed by atoms with Crippen LogP contribution in [0.15, 0.2) is 36.4 Å². The minimum atomic E-state index is -0.671. The van der Waals surface area contributed by atoms with Gasteiger partial charge in [0.2, 0.25) is 5.91 Å². The molecule has 23 heavy (non-hydrogen) atoms. The number of nitrogens with two attached hydrogens (primary N) is 2. The number of rotatable bonds is 7. The Hall–Kier alpha value is -3.03. The van der Waals surface area contributed by atoms with Gasteiger partial charge in [0.1, 0.15) is 11.6 Å². The highest BCUT2D eigenvalue weighted by Crippen LogP contribution is 2.11. The molecular weight excluding hydrogens is 301 g/mol. The van der Waals surface area contributed by atoms with E-state index in [1.807, 2.05) is 0 Å². The highest BCUT2D eigenvalue weighted by Gasteiger charge is 2.16. The zero-order valence-corrected chi connectivity index (χ0v) is 12.2. The van der Waals surface area contributed by atoms with Crippen molar-refractivity contribution in [1.29, 1.82) is 0 Å². The molecule has 5 N–H and O–H groups in total. The number of carbonyl (C=O) groups excluding carboxylic acids is 2. The second kappa shape index (κ2) is 7.30. The zero-order valence-electron chi connectivity index (χ0n) is 12.2. The Morgan fingerprint density at radius 3 is 2.30 bits per heavy atom. The lowest BCUT2D eigenvalue weighted by Gasteiger charge is -2.14. The van der Waals surface area contributed by atoms with Gasteiger partial charge in [0, 0.05) is 6.54 Å². The van der Waals surface area contributed by atoms with Crippen molar-refractivity contribution in [2.45, 2.75) is 6.42 Å². The molecule has 2 aromatic rings. The molecule has 0 aliphatic heterocycles. The van der Waals surface area contributed by atoms with Crippen LogP contribution < -0.4 is 16.8 Å². The third-order valence-corrected chi connectivity index (χ3v) is 3.24. The fourth-order valence-electron chi connectivity index (χ4n) is 1.96. The first kappa shape index (κ1) is 16.3. The predicted molar refractivity (Wildman–Crippen MR) is 81.8 cm³/mol. The molecule has 0 spiro atoms. The van der Waals surface area contributed by atoms with E-state index in [0.717, 1.165) is 5.56 Å². The largest absolute Gasteiger partial charge is 0.369 e. The number of carbonyl (C=O) groups is 2. The molecule has 8 heteroatoms. The normalized spacial score (nSPS) is 11.7. The summed E-state index contributed by atoms with van der Waals surface area (Å²) in [6.45, 7) is 0.233. The van der Waals surface area contributed by atoms with Crippen LogP contribution in [-0.2, 0) is 11.2 Å². The lowest BCUT2D eigenvalue weighted by atomic mass is 9.98. The van der Waals surface area contributed by atoms with E-state index in [-0.39, 0.29) is 18.1 Å². The van der Waals surface area contributed by atoms with E-state index in [1.165, 1.54) is 24.3 Å². The molecular formula is C15H16FN5O2. The molecule has 0 fully saturated rings. The summed E-state index contributed by atoms with van der Waals surface area (Å²) in [7, 11) is 0. The number of halogens is 1. The summed E-state index contributed by atoms with van der Waals surface area (Å²) >= 11 is 0. The average molecular weight is 317 g/mol. The predicted octanol–water partition coefficient (Wildman–Crippen LogP) is 0.471. The summed E-state index contributed by atoms with van der Waals surface area (Å²) in [6, 6.07) is 8.82. The van der Waals surface area contributed by atoms with Crippen LogP contribution in [-0.4, -0.2) is 28.6 Å². The van der Waals surface area contributed by atoms with Gasteiger partial charge in [-0.2, -0.15) is 0 Å². The van der Waals surface area contributed by atoms with Gasteiger partial charge in [-0.3, -0.25) is 9.59 Å². The fraction of sp³-hybridized carbons (Fsp3) is 0.200. The number of amides is 2. The molecule has 1 atom stereocenters. The van der Waals surface area contributed by atoms with E-state index in [2.05, 4.69) is 15.5 Å². The summed E-state index contributed by atoms with van der Waals surface area (Å²) in [5, 5.41) is 10.4. The van der Waals surface area contributed by atoms with Crippen molar-refractivity contribution < 1.29 is 14.0 Å². The first-order chi connectivity index (χ1) is 11.0. The Morgan fingerprint density at radius 1 is 1.09 bits per heavy atom. The minimum absolute atomic E-state index is 0.0494. The summed E-state index contributed by atoms with van der Waals surface area (Å²) in [6.07, 6.45) is 0.370. The molecule has 0 saturated heterocycles. The van der Waals surface area contributed by atoms with Crippen molar-refractivity contribution in [2.75, 3.05) is 11.9 Å². The van der Waals surface area contributed by atoms with Crippen LogP contribution in [0.1, 0.15) is 16.1 Å². The van der Waals surface area contributed by atoms with Crippen molar-refractivity contribution in [3.8, 4) is 0 Å². The van der Waals surface area contributed by atoms with Crippen molar-refractivity contribution in [2.24, 2.45) is 17.4 Å². The number of primary amides is 2. The Kier molecular flexibility index (Phi) is 5.19. The molecule has 1 aromatic heterocycles. The number of hydrogen-bond donors (Lipinski definition) is 3. The molecule has 1 aromatic carbocycles. The van der Waals surface area contributed by atoms with Crippen LogP contribution >= 0.6 is 0 Å². The molecule has 0 aliphatic carbocycles. The number of anilines is 1. The van der Waals surface area contributed by atoms with Gasteiger partial charge < -0.3 is 16.8 Å². The van der Waals surface area contributed by atoms with E-state index >= 15 is 0 Å². The fourth-order valence-corrected chi connectivity index (χ4v) is 1.96. The van der Waals surface area contributed by atoms with Gasteiger partial charge in [-0.15, -0.1) is 10.2 Å². The van der Waals surface area contributed by atoms with Crippen LogP contribution in [0, 0.1) is 11.7 Å². The van der Waals surface area contributed by atoms with Gasteiger partial charge in [-0.25, -0.2) is 4.39 Å². The second-order valence-corrected chi connectivity index (χ2v) is 4.98. The number of nitrogens with one attached hydrogen (secondary N) is 1. The van der Waals surface area contributed by atoms with Gasteiger partial charge in [-0.1, -0.05) is 12.1 Å². The highest BCUT2D eigenvalue weighted by atomic mass is 19.1. The Labute approximate surface area is 131 Å². The number of aromatic nitrogens is 2. The maximum atomic E-state index is 12.9. The molecule has 0 radical (unpaired) electrons. The lowest BCUT2D eigenvalue weighted by molar-refractivity contribution is -0.121. The van der Waals surface area contributed by atoms with E-state index in [0.29, 0.717) is 12.2 Å².